The standard InChI is InChI=1S/C77H120O5/c1-3-5-7-9-11-13-15-17-19-21-23-25-27-29-31-33-35-36-37-38-39-40-42-44-46-48-50-52-54-56-58-60-62-64-66-68-70-72-77(80)82-75(73-78)74-81-76(79)71-69-67-65-63-61-59-57-55-53-51-49-47-45-43-41-34-32-30-28-26-24-22-20-18-16-14-12-10-8-6-4-2/h5-8,11-14,17-20,23-26,29-32,35-36,38-39,42,44,48,50,54,56,60,62,75,78H,3-4,9-10,15-16,21-22,27-28,33-34,37,40-41,43,45-47,49,51-53,55,57-59,61,63-74H2,1-2H3/b7-5-,8-6-,13-11-,14-12-,19-17-,20-18-,25-23-,26-24-,31-29-,32-30-,36-35-,39-38-,44-42-,50-48-,56-54-,62-60-. The molecule has 0 saturated heterocycles. The Morgan fingerprint density at radius 2 is 0.488 bits per heavy atom. The SMILES string of the molecule is CC/C=C\C/C=C\C/C=C\C/C=C\C/C=C\C/C=C\C/C=C\C/C=C\C/C=C\C/C=C\C/C=C\CCCCCC(=O)OC(CO)COC(=O)CCCCCCCCCCCCCCCCC/C=C\C/C=C\C/C=C\C/C=C\C/C=C\CC. The maximum atomic E-state index is 12.3. The van der Waals surface area contributed by atoms with Gasteiger partial charge in [-0.2, -0.15) is 0 Å². The molecular formula is C77H120O5. The summed E-state index contributed by atoms with van der Waals surface area (Å²) in [5.74, 6) is -0.639. The fraction of sp³-hybridized carbons (Fsp3) is 0.558. The average molecular weight is 1130 g/mol. The van der Waals surface area contributed by atoms with Gasteiger partial charge in [-0.15, -0.1) is 0 Å². The molecule has 0 bridgehead atoms. The molecule has 0 aliphatic rings. The van der Waals surface area contributed by atoms with Crippen molar-refractivity contribution in [2.75, 3.05) is 13.2 Å². The minimum Gasteiger partial charge on any atom is -0.462 e. The third kappa shape index (κ3) is 67.2. The van der Waals surface area contributed by atoms with Gasteiger partial charge >= 0.3 is 11.9 Å². The third-order valence-electron chi connectivity index (χ3n) is 13.4. The highest BCUT2D eigenvalue weighted by Crippen LogP contribution is 2.15. The summed E-state index contributed by atoms with van der Waals surface area (Å²) in [6, 6.07) is 0. The fourth-order valence-corrected chi connectivity index (χ4v) is 8.53. The van der Waals surface area contributed by atoms with E-state index in [4.69, 9.17) is 9.47 Å². The van der Waals surface area contributed by atoms with Gasteiger partial charge in [-0.25, -0.2) is 0 Å². The first-order valence-electron chi connectivity index (χ1n) is 33.0. The average Bonchev–Trinajstić information content (AvgIpc) is 3.49. The summed E-state index contributed by atoms with van der Waals surface area (Å²) in [7, 11) is 0. The third-order valence-corrected chi connectivity index (χ3v) is 13.4. The topological polar surface area (TPSA) is 72.8 Å². The van der Waals surface area contributed by atoms with Crippen LogP contribution in [-0.2, 0) is 19.1 Å². The van der Waals surface area contributed by atoms with Gasteiger partial charge in [0, 0.05) is 12.8 Å². The highest BCUT2D eigenvalue weighted by atomic mass is 16.6. The molecule has 1 unspecified atom stereocenters. The van der Waals surface area contributed by atoms with E-state index in [1.807, 2.05) is 0 Å². The first-order chi connectivity index (χ1) is 40.6. The monoisotopic (exact) mass is 1120 g/mol. The Hall–Kier alpha value is -5.26. The summed E-state index contributed by atoms with van der Waals surface area (Å²) in [6.45, 7) is 3.88. The van der Waals surface area contributed by atoms with E-state index in [1.165, 1.54) is 83.5 Å². The highest BCUT2D eigenvalue weighted by molar-refractivity contribution is 5.70. The summed E-state index contributed by atoms with van der Waals surface area (Å²) in [5.41, 5.74) is 0. The molecule has 0 spiro atoms. The van der Waals surface area contributed by atoms with Gasteiger partial charge in [-0.3, -0.25) is 9.59 Å². The number of allylic oxidation sites excluding steroid dienone is 32. The Morgan fingerprint density at radius 1 is 0.280 bits per heavy atom. The second kappa shape index (κ2) is 70.0. The minimum absolute atomic E-state index is 0.0912. The van der Waals surface area contributed by atoms with Crippen molar-refractivity contribution in [3.8, 4) is 0 Å². The van der Waals surface area contributed by atoms with Gasteiger partial charge < -0.3 is 14.6 Å². The molecule has 5 heteroatoms. The molecule has 0 aliphatic carbocycles. The fourth-order valence-electron chi connectivity index (χ4n) is 8.53. The largest absolute Gasteiger partial charge is 0.462 e. The van der Waals surface area contributed by atoms with E-state index in [2.05, 4.69) is 208 Å². The Bertz CT molecular complexity index is 1900. The molecule has 0 rings (SSSR count). The molecule has 0 aromatic carbocycles. The number of esters is 2. The van der Waals surface area contributed by atoms with Crippen LogP contribution in [0.2, 0.25) is 0 Å². The van der Waals surface area contributed by atoms with E-state index in [0.29, 0.717) is 12.8 Å². The Labute approximate surface area is 505 Å². The van der Waals surface area contributed by atoms with Gasteiger partial charge in [0.2, 0.25) is 0 Å². The number of aliphatic hydroxyl groups is 1. The van der Waals surface area contributed by atoms with Crippen molar-refractivity contribution in [1.82, 2.24) is 0 Å². The maximum absolute atomic E-state index is 12.3. The minimum atomic E-state index is -0.806. The molecule has 1 atom stereocenters. The summed E-state index contributed by atoms with van der Waals surface area (Å²) >= 11 is 0. The Morgan fingerprint density at radius 3 is 0.744 bits per heavy atom. The van der Waals surface area contributed by atoms with Gasteiger partial charge in [-0.1, -0.05) is 298 Å². The number of carbonyl (C=O) groups excluding carboxylic acids is 2. The van der Waals surface area contributed by atoms with Gasteiger partial charge in [0.15, 0.2) is 6.10 Å². The van der Waals surface area contributed by atoms with Gasteiger partial charge in [0.25, 0.3) is 0 Å². The van der Waals surface area contributed by atoms with Crippen LogP contribution in [0.25, 0.3) is 0 Å². The molecular weight excluding hydrogens is 1000 g/mol. The van der Waals surface area contributed by atoms with Crippen LogP contribution in [0.3, 0.4) is 0 Å². The zero-order valence-electron chi connectivity index (χ0n) is 52.4. The molecule has 0 heterocycles. The van der Waals surface area contributed by atoms with Crippen LogP contribution in [0, 0.1) is 0 Å². The van der Waals surface area contributed by atoms with Crippen LogP contribution in [-0.4, -0.2) is 36.4 Å². The predicted octanol–water partition coefficient (Wildman–Crippen LogP) is 23.2. The van der Waals surface area contributed by atoms with E-state index in [1.54, 1.807) is 0 Å². The molecule has 0 radical (unpaired) electrons. The number of unbranched alkanes of at least 4 members (excludes halogenated alkanes) is 18. The van der Waals surface area contributed by atoms with E-state index in [-0.39, 0.29) is 25.2 Å². The Kier molecular flexibility index (Phi) is 65.5. The van der Waals surface area contributed by atoms with Crippen LogP contribution >= 0.6 is 0 Å². The first kappa shape index (κ1) is 76.7. The van der Waals surface area contributed by atoms with Gasteiger partial charge in [0.05, 0.1) is 6.61 Å². The second-order valence-corrected chi connectivity index (χ2v) is 21.1. The van der Waals surface area contributed by atoms with Crippen molar-refractivity contribution in [1.29, 1.82) is 0 Å². The van der Waals surface area contributed by atoms with E-state index in [9.17, 15) is 14.7 Å². The molecule has 82 heavy (non-hydrogen) atoms. The Balaban J connectivity index is 3.63. The van der Waals surface area contributed by atoms with Crippen molar-refractivity contribution in [3.63, 3.8) is 0 Å². The van der Waals surface area contributed by atoms with Crippen molar-refractivity contribution < 1.29 is 24.2 Å². The molecule has 0 saturated carbocycles. The van der Waals surface area contributed by atoms with Crippen molar-refractivity contribution >= 4 is 11.9 Å². The lowest BCUT2D eigenvalue weighted by Gasteiger charge is -2.15. The molecule has 0 aromatic heterocycles. The van der Waals surface area contributed by atoms with Crippen molar-refractivity contribution in [2.45, 2.75) is 264 Å². The van der Waals surface area contributed by atoms with Gasteiger partial charge in [-0.05, 0) is 141 Å². The van der Waals surface area contributed by atoms with Crippen LogP contribution in [0.4, 0.5) is 0 Å². The summed E-state index contributed by atoms with van der Waals surface area (Å²) in [6.07, 6.45) is 111. The van der Waals surface area contributed by atoms with Crippen molar-refractivity contribution in [3.05, 3.63) is 194 Å². The van der Waals surface area contributed by atoms with Gasteiger partial charge in [0.1, 0.15) is 6.61 Å². The lowest BCUT2D eigenvalue weighted by atomic mass is 10.0. The van der Waals surface area contributed by atoms with E-state index in [0.717, 1.165) is 148 Å². The molecule has 0 aliphatic heterocycles. The zero-order chi connectivity index (χ0) is 59.1. The second-order valence-electron chi connectivity index (χ2n) is 21.1. The molecule has 458 valence electrons. The molecule has 0 amide bonds. The van der Waals surface area contributed by atoms with Crippen LogP contribution in [0.15, 0.2) is 194 Å². The molecule has 1 N–H and O–H groups in total. The number of hydrogen-bond acceptors (Lipinski definition) is 5. The molecule has 0 fully saturated rings. The summed E-state index contributed by atoms with van der Waals surface area (Å²) in [4.78, 5) is 24.6. The van der Waals surface area contributed by atoms with Crippen LogP contribution in [0.5, 0.6) is 0 Å². The maximum Gasteiger partial charge on any atom is 0.306 e. The summed E-state index contributed by atoms with van der Waals surface area (Å²) < 4.78 is 10.7. The highest BCUT2D eigenvalue weighted by Gasteiger charge is 2.16. The number of ether oxygens (including phenoxy) is 2. The van der Waals surface area contributed by atoms with Crippen LogP contribution in [0.1, 0.15) is 258 Å². The number of aliphatic hydroxyl groups excluding tert-OH is 1. The predicted molar refractivity (Wildman–Crippen MR) is 361 cm³/mol. The zero-order valence-corrected chi connectivity index (χ0v) is 52.4. The number of rotatable bonds is 58. The lowest BCUT2D eigenvalue weighted by Crippen LogP contribution is -2.28. The lowest BCUT2D eigenvalue weighted by molar-refractivity contribution is -0.161. The van der Waals surface area contributed by atoms with Crippen LogP contribution < -0.4 is 0 Å². The first-order valence-corrected chi connectivity index (χ1v) is 33.0. The number of hydrogen-bond donors (Lipinski definition) is 1. The van der Waals surface area contributed by atoms with Crippen molar-refractivity contribution in [2.24, 2.45) is 0 Å². The normalized spacial score (nSPS) is 13.5. The molecule has 5 nitrogen and oxygen atoms in total. The smallest absolute Gasteiger partial charge is 0.306 e. The number of carbonyl (C=O) groups is 2. The van der Waals surface area contributed by atoms with E-state index < -0.39 is 6.10 Å². The summed E-state index contributed by atoms with van der Waals surface area (Å²) in [5, 5.41) is 9.69. The van der Waals surface area contributed by atoms with E-state index >= 15 is 0 Å². The molecule has 0 aromatic rings. The quantitative estimate of drug-likeness (QED) is 0.0373.